The molecule has 1 amide bonds. The normalized spacial score (nSPS) is 14.2. The van der Waals surface area contributed by atoms with Gasteiger partial charge in [0.15, 0.2) is 0 Å². The second kappa shape index (κ2) is 8.40. The fraction of sp³-hybridized carbons (Fsp3) is 0.333. The maximum atomic E-state index is 12.8. The van der Waals surface area contributed by atoms with Gasteiger partial charge in [-0.1, -0.05) is 35.5 Å². The van der Waals surface area contributed by atoms with E-state index >= 15 is 0 Å². The van der Waals surface area contributed by atoms with Crippen LogP contribution in [0.15, 0.2) is 53.3 Å². The van der Waals surface area contributed by atoms with Gasteiger partial charge in [-0.15, -0.1) is 5.10 Å². The Balaban J connectivity index is 1.50. The minimum absolute atomic E-state index is 0.146. The lowest BCUT2D eigenvalue weighted by Gasteiger charge is -2.31. The van der Waals surface area contributed by atoms with Crippen LogP contribution in [0.2, 0.25) is 0 Å². The van der Waals surface area contributed by atoms with Crippen molar-refractivity contribution in [2.45, 2.75) is 13.1 Å². The lowest BCUT2D eigenvalue weighted by Crippen LogP contribution is -2.38. The zero-order valence-corrected chi connectivity index (χ0v) is 16.3. The van der Waals surface area contributed by atoms with E-state index in [2.05, 4.69) is 21.3 Å². The second-order valence-electron chi connectivity index (χ2n) is 7.05. The monoisotopic (exact) mass is 393 g/mol. The third-order valence-electron chi connectivity index (χ3n) is 5.09. The van der Waals surface area contributed by atoms with Gasteiger partial charge in [0.2, 0.25) is 5.91 Å². The third kappa shape index (κ3) is 4.12. The number of hydrogen-bond donors (Lipinski definition) is 0. The molecule has 0 atom stereocenters. The highest BCUT2D eigenvalue weighted by molar-refractivity contribution is 5.78. The van der Waals surface area contributed by atoms with E-state index in [4.69, 9.17) is 4.74 Å². The van der Waals surface area contributed by atoms with Crippen molar-refractivity contribution in [3.8, 4) is 0 Å². The minimum atomic E-state index is -0.314. The van der Waals surface area contributed by atoms with Gasteiger partial charge in [0, 0.05) is 32.4 Å². The number of ether oxygens (including phenoxy) is 1. The number of para-hydroxylation sites is 1. The molecule has 1 aliphatic rings. The number of amides is 1. The molecule has 1 aromatic heterocycles. The molecule has 2 heterocycles. The van der Waals surface area contributed by atoms with Crippen molar-refractivity contribution < 1.29 is 9.53 Å². The lowest BCUT2D eigenvalue weighted by atomic mass is 10.1. The number of morpholine rings is 1. The van der Waals surface area contributed by atoms with Crippen molar-refractivity contribution in [2.75, 3.05) is 38.3 Å². The molecule has 0 N–H and O–H groups in total. The third-order valence-corrected chi connectivity index (χ3v) is 5.09. The van der Waals surface area contributed by atoms with Gasteiger partial charge in [0.25, 0.3) is 5.56 Å². The number of likely N-dealkylation sites (N-methyl/N-ethyl adjacent to an activating group) is 1. The molecule has 1 saturated heterocycles. The van der Waals surface area contributed by atoms with Crippen molar-refractivity contribution in [1.82, 2.24) is 19.9 Å². The largest absolute Gasteiger partial charge is 0.378 e. The number of benzene rings is 2. The summed E-state index contributed by atoms with van der Waals surface area (Å²) in [6.07, 6.45) is 0. The quantitative estimate of drug-likeness (QED) is 0.650. The van der Waals surface area contributed by atoms with E-state index in [1.807, 2.05) is 18.2 Å². The Bertz CT molecular complexity index is 1080. The maximum absolute atomic E-state index is 12.8. The molecule has 4 rings (SSSR count). The number of aromatic nitrogens is 3. The van der Waals surface area contributed by atoms with Gasteiger partial charge in [-0.05, 0) is 23.8 Å². The van der Waals surface area contributed by atoms with E-state index in [1.165, 1.54) is 0 Å². The van der Waals surface area contributed by atoms with Crippen LogP contribution in [0.4, 0.5) is 5.69 Å². The zero-order chi connectivity index (χ0) is 20.2. The highest BCUT2D eigenvalue weighted by atomic mass is 16.5. The van der Waals surface area contributed by atoms with Crippen molar-refractivity contribution in [1.29, 1.82) is 0 Å². The predicted octanol–water partition coefficient (Wildman–Crippen LogP) is 1.29. The molecule has 8 heteroatoms. The number of carbonyl (C=O) groups is 1. The first-order chi connectivity index (χ1) is 14.1. The fourth-order valence-corrected chi connectivity index (χ4v) is 3.48. The zero-order valence-electron chi connectivity index (χ0n) is 16.3. The fourth-order valence-electron chi connectivity index (χ4n) is 3.48. The highest BCUT2D eigenvalue weighted by Crippen LogP contribution is 2.22. The molecule has 2 aromatic carbocycles. The van der Waals surface area contributed by atoms with Gasteiger partial charge >= 0.3 is 0 Å². The number of rotatable bonds is 5. The molecule has 0 saturated carbocycles. The van der Waals surface area contributed by atoms with Gasteiger partial charge in [-0.2, -0.15) is 0 Å². The van der Waals surface area contributed by atoms with E-state index in [1.54, 1.807) is 36.2 Å². The Morgan fingerprint density at radius 3 is 2.66 bits per heavy atom. The molecule has 8 nitrogen and oxygen atoms in total. The molecule has 0 radical (unpaired) electrons. The van der Waals surface area contributed by atoms with Crippen LogP contribution in [-0.2, 0) is 22.6 Å². The topological polar surface area (TPSA) is 80.6 Å². The summed E-state index contributed by atoms with van der Waals surface area (Å²) >= 11 is 0. The molecule has 29 heavy (non-hydrogen) atoms. The molecule has 0 aliphatic carbocycles. The molecular formula is C21H23N5O3. The van der Waals surface area contributed by atoms with Crippen LogP contribution in [0.3, 0.4) is 0 Å². The second-order valence-corrected chi connectivity index (χ2v) is 7.05. The number of nitrogens with zero attached hydrogens (tertiary/aromatic N) is 5. The van der Waals surface area contributed by atoms with Gasteiger partial charge in [-0.3, -0.25) is 9.59 Å². The van der Waals surface area contributed by atoms with E-state index in [0.29, 0.717) is 30.7 Å². The molecular weight excluding hydrogens is 370 g/mol. The standard InChI is InChI=1S/C21H23N5O3/c1-24(14-16-6-2-5-9-19(16)25-10-12-29-13-11-25)20(27)15-26-21(28)17-7-3-4-8-18(17)22-23-26/h2-9H,10-15H2,1H3. The molecule has 150 valence electrons. The molecule has 1 fully saturated rings. The van der Waals surface area contributed by atoms with Crippen molar-refractivity contribution >= 4 is 22.5 Å². The van der Waals surface area contributed by atoms with Crippen LogP contribution in [-0.4, -0.2) is 59.2 Å². The number of fused-ring (bicyclic) bond motifs is 1. The van der Waals surface area contributed by atoms with Crippen LogP contribution < -0.4 is 10.5 Å². The summed E-state index contributed by atoms with van der Waals surface area (Å²) in [6, 6.07) is 15.0. The smallest absolute Gasteiger partial charge is 0.278 e. The molecule has 0 bridgehead atoms. The summed E-state index contributed by atoms with van der Waals surface area (Å²) in [5.74, 6) is -0.200. The number of hydrogen-bond acceptors (Lipinski definition) is 6. The van der Waals surface area contributed by atoms with E-state index in [0.717, 1.165) is 29.0 Å². The summed E-state index contributed by atoms with van der Waals surface area (Å²) in [5.41, 5.74) is 2.38. The summed E-state index contributed by atoms with van der Waals surface area (Å²) in [5, 5.41) is 8.40. The van der Waals surface area contributed by atoms with Gasteiger partial charge < -0.3 is 14.5 Å². The van der Waals surface area contributed by atoms with Gasteiger partial charge in [0.05, 0.1) is 18.6 Å². The first-order valence-electron chi connectivity index (χ1n) is 9.60. The molecule has 0 spiro atoms. The van der Waals surface area contributed by atoms with E-state index < -0.39 is 0 Å². The number of anilines is 1. The summed E-state index contributed by atoms with van der Waals surface area (Å²) in [6.45, 7) is 3.36. The average molecular weight is 393 g/mol. The first kappa shape index (κ1) is 19.1. The van der Waals surface area contributed by atoms with Crippen LogP contribution >= 0.6 is 0 Å². The maximum Gasteiger partial charge on any atom is 0.278 e. The minimum Gasteiger partial charge on any atom is -0.378 e. The van der Waals surface area contributed by atoms with Crippen molar-refractivity contribution in [3.05, 3.63) is 64.4 Å². The molecule has 0 unspecified atom stereocenters. The van der Waals surface area contributed by atoms with Crippen LogP contribution in [0, 0.1) is 0 Å². The summed E-state index contributed by atoms with van der Waals surface area (Å²) in [7, 11) is 1.73. The van der Waals surface area contributed by atoms with E-state index in [9.17, 15) is 9.59 Å². The van der Waals surface area contributed by atoms with Crippen LogP contribution in [0.1, 0.15) is 5.56 Å². The SMILES string of the molecule is CN(Cc1ccccc1N1CCOCC1)C(=O)Cn1nnc2ccccc2c1=O. The van der Waals surface area contributed by atoms with Crippen LogP contribution in [0.25, 0.3) is 10.9 Å². The van der Waals surface area contributed by atoms with Crippen molar-refractivity contribution in [2.24, 2.45) is 0 Å². The number of carbonyl (C=O) groups excluding carboxylic acids is 1. The Hall–Kier alpha value is -3.26. The molecule has 1 aliphatic heterocycles. The highest BCUT2D eigenvalue weighted by Gasteiger charge is 2.18. The Morgan fingerprint density at radius 2 is 1.83 bits per heavy atom. The van der Waals surface area contributed by atoms with E-state index in [-0.39, 0.29) is 18.0 Å². The Morgan fingerprint density at radius 1 is 1.10 bits per heavy atom. The Labute approximate surface area is 168 Å². The van der Waals surface area contributed by atoms with Crippen LogP contribution in [0.5, 0.6) is 0 Å². The average Bonchev–Trinajstić information content (AvgIpc) is 2.77. The lowest BCUT2D eigenvalue weighted by molar-refractivity contribution is -0.131. The predicted molar refractivity (Wildman–Crippen MR) is 110 cm³/mol. The summed E-state index contributed by atoms with van der Waals surface area (Å²) < 4.78 is 6.56. The summed E-state index contributed by atoms with van der Waals surface area (Å²) in [4.78, 5) is 29.2. The Kier molecular flexibility index (Phi) is 5.53. The van der Waals surface area contributed by atoms with Crippen molar-refractivity contribution in [3.63, 3.8) is 0 Å². The van der Waals surface area contributed by atoms with Gasteiger partial charge in [0.1, 0.15) is 12.1 Å². The molecule has 3 aromatic rings. The van der Waals surface area contributed by atoms with Gasteiger partial charge in [-0.25, -0.2) is 4.68 Å². The first-order valence-corrected chi connectivity index (χ1v) is 9.60.